The summed E-state index contributed by atoms with van der Waals surface area (Å²) in [4.78, 5) is 10.8. The molecule has 1 aliphatic rings. The zero-order chi connectivity index (χ0) is 6.97. The van der Waals surface area contributed by atoms with Crippen molar-refractivity contribution in [3.05, 3.63) is 22.5 Å². The Hall–Kier alpha value is -1.52. The second-order valence-corrected chi connectivity index (χ2v) is 2.01. The number of hydrogen-bond donors (Lipinski definition) is 2. The van der Waals surface area contributed by atoms with Gasteiger partial charge in [0.05, 0.1) is 6.67 Å². The standard InChI is InChI=1S/C5H6N4O/c10-5-8-7-4-1-2-6-3-9(4)5/h1-2,6H,3H2,(H,8,10). The van der Waals surface area contributed by atoms with Crippen molar-refractivity contribution in [3.63, 3.8) is 0 Å². The normalized spacial score (nSPS) is 14.4. The summed E-state index contributed by atoms with van der Waals surface area (Å²) in [6, 6.07) is 0. The van der Waals surface area contributed by atoms with Crippen molar-refractivity contribution in [3.8, 4) is 0 Å². The Morgan fingerprint density at radius 1 is 1.70 bits per heavy atom. The van der Waals surface area contributed by atoms with Crippen LogP contribution < -0.4 is 11.0 Å². The van der Waals surface area contributed by atoms with Gasteiger partial charge < -0.3 is 5.32 Å². The smallest absolute Gasteiger partial charge is 0.345 e. The summed E-state index contributed by atoms with van der Waals surface area (Å²) in [5.74, 6) is 0.670. The molecule has 0 aliphatic carbocycles. The van der Waals surface area contributed by atoms with Gasteiger partial charge in [-0.25, -0.2) is 9.89 Å². The molecule has 5 heteroatoms. The molecule has 52 valence electrons. The molecule has 2 heterocycles. The summed E-state index contributed by atoms with van der Waals surface area (Å²) < 4.78 is 1.51. The third kappa shape index (κ3) is 0.570. The fourth-order valence-corrected chi connectivity index (χ4v) is 0.887. The van der Waals surface area contributed by atoms with E-state index >= 15 is 0 Å². The molecule has 0 amide bonds. The van der Waals surface area contributed by atoms with Crippen molar-refractivity contribution in [2.24, 2.45) is 0 Å². The van der Waals surface area contributed by atoms with Crippen molar-refractivity contribution in [1.82, 2.24) is 20.1 Å². The van der Waals surface area contributed by atoms with Gasteiger partial charge in [-0.1, -0.05) is 0 Å². The molecule has 0 radical (unpaired) electrons. The molecular formula is C5H6N4O. The quantitative estimate of drug-likeness (QED) is 0.488. The second kappa shape index (κ2) is 1.73. The number of aromatic nitrogens is 3. The Balaban J connectivity index is 2.68. The first-order chi connectivity index (χ1) is 4.88. The predicted molar refractivity (Wildman–Crippen MR) is 35.0 cm³/mol. The van der Waals surface area contributed by atoms with Crippen LogP contribution in [0.4, 0.5) is 0 Å². The van der Waals surface area contributed by atoms with Gasteiger partial charge in [0.25, 0.3) is 0 Å². The molecule has 10 heavy (non-hydrogen) atoms. The first-order valence-electron chi connectivity index (χ1n) is 2.93. The van der Waals surface area contributed by atoms with Crippen LogP contribution in [0, 0.1) is 0 Å². The molecule has 1 aliphatic heterocycles. The molecule has 0 saturated carbocycles. The van der Waals surface area contributed by atoms with Crippen LogP contribution in [0.15, 0.2) is 11.0 Å². The third-order valence-corrected chi connectivity index (χ3v) is 1.39. The minimum absolute atomic E-state index is 0.174. The second-order valence-electron chi connectivity index (χ2n) is 2.01. The number of rotatable bonds is 0. The summed E-state index contributed by atoms with van der Waals surface area (Å²) in [6.45, 7) is 0.501. The molecule has 0 saturated heterocycles. The van der Waals surface area contributed by atoms with Gasteiger partial charge in [-0.3, -0.25) is 4.57 Å². The molecule has 2 rings (SSSR count). The predicted octanol–water partition coefficient (Wildman–Crippen LogP) is -0.897. The lowest BCUT2D eigenvalue weighted by Gasteiger charge is -2.06. The SMILES string of the molecule is O=c1[nH]nc2n1CNC=C2. The molecule has 1 aromatic heterocycles. The highest BCUT2D eigenvalue weighted by Gasteiger charge is 2.05. The van der Waals surface area contributed by atoms with E-state index in [4.69, 9.17) is 0 Å². The first kappa shape index (κ1) is 5.28. The van der Waals surface area contributed by atoms with E-state index in [1.165, 1.54) is 4.57 Å². The highest BCUT2D eigenvalue weighted by Crippen LogP contribution is 1.95. The van der Waals surface area contributed by atoms with E-state index in [1.807, 2.05) is 0 Å². The molecule has 2 N–H and O–H groups in total. The van der Waals surface area contributed by atoms with Crippen molar-refractivity contribution in [2.45, 2.75) is 6.67 Å². The van der Waals surface area contributed by atoms with Crippen LogP contribution in [0.1, 0.15) is 5.82 Å². The van der Waals surface area contributed by atoms with Crippen molar-refractivity contribution >= 4 is 6.08 Å². The summed E-state index contributed by atoms with van der Waals surface area (Å²) in [7, 11) is 0. The first-order valence-corrected chi connectivity index (χ1v) is 2.93. The topological polar surface area (TPSA) is 62.7 Å². The van der Waals surface area contributed by atoms with Gasteiger partial charge >= 0.3 is 5.69 Å². The summed E-state index contributed by atoms with van der Waals surface area (Å²) in [5.41, 5.74) is -0.174. The van der Waals surface area contributed by atoms with Gasteiger partial charge in [0.1, 0.15) is 0 Å². The maximum absolute atomic E-state index is 10.8. The van der Waals surface area contributed by atoms with E-state index in [1.54, 1.807) is 12.3 Å². The van der Waals surface area contributed by atoms with Gasteiger partial charge in [-0.2, -0.15) is 5.10 Å². The van der Waals surface area contributed by atoms with Crippen LogP contribution in [0.2, 0.25) is 0 Å². The molecule has 0 fully saturated rings. The van der Waals surface area contributed by atoms with Crippen molar-refractivity contribution in [2.75, 3.05) is 0 Å². The Bertz CT molecular complexity index is 321. The zero-order valence-electron chi connectivity index (χ0n) is 5.16. The highest BCUT2D eigenvalue weighted by molar-refractivity contribution is 5.40. The molecule has 5 nitrogen and oxygen atoms in total. The monoisotopic (exact) mass is 138 g/mol. The van der Waals surface area contributed by atoms with E-state index in [2.05, 4.69) is 15.5 Å². The zero-order valence-corrected chi connectivity index (χ0v) is 5.16. The summed E-state index contributed by atoms with van der Waals surface area (Å²) >= 11 is 0. The lowest BCUT2D eigenvalue weighted by atomic mass is 10.5. The van der Waals surface area contributed by atoms with Crippen molar-refractivity contribution in [1.29, 1.82) is 0 Å². The number of H-pyrrole nitrogens is 1. The Morgan fingerprint density at radius 3 is 3.40 bits per heavy atom. The van der Waals surface area contributed by atoms with Crippen LogP contribution in [0.25, 0.3) is 6.08 Å². The van der Waals surface area contributed by atoms with Gasteiger partial charge in [0.2, 0.25) is 0 Å². The number of hydrogen-bond acceptors (Lipinski definition) is 3. The molecule has 0 bridgehead atoms. The molecule has 1 aromatic rings. The molecular weight excluding hydrogens is 132 g/mol. The highest BCUT2D eigenvalue weighted by atomic mass is 16.1. The minimum atomic E-state index is -0.174. The van der Waals surface area contributed by atoms with E-state index < -0.39 is 0 Å². The average Bonchev–Trinajstić information content (AvgIpc) is 2.34. The van der Waals surface area contributed by atoms with Gasteiger partial charge in [-0.15, -0.1) is 0 Å². The average molecular weight is 138 g/mol. The van der Waals surface area contributed by atoms with Crippen molar-refractivity contribution < 1.29 is 0 Å². The van der Waals surface area contributed by atoms with E-state index in [-0.39, 0.29) is 5.69 Å². The van der Waals surface area contributed by atoms with Crippen LogP contribution in [-0.4, -0.2) is 14.8 Å². The molecule has 0 atom stereocenters. The third-order valence-electron chi connectivity index (χ3n) is 1.39. The number of nitrogens with zero attached hydrogens (tertiary/aromatic N) is 2. The van der Waals surface area contributed by atoms with Crippen LogP contribution >= 0.6 is 0 Å². The molecule has 0 aromatic carbocycles. The van der Waals surface area contributed by atoms with E-state index in [0.29, 0.717) is 12.5 Å². The Labute approximate surface area is 56.4 Å². The Morgan fingerprint density at radius 2 is 2.60 bits per heavy atom. The fourth-order valence-electron chi connectivity index (χ4n) is 0.887. The maximum Gasteiger partial charge on any atom is 0.345 e. The van der Waals surface area contributed by atoms with Gasteiger partial charge in [0.15, 0.2) is 5.82 Å². The number of nitrogens with one attached hydrogen (secondary N) is 2. The summed E-state index contributed by atoms with van der Waals surface area (Å²) in [5, 5.41) is 8.99. The van der Waals surface area contributed by atoms with E-state index in [9.17, 15) is 4.79 Å². The van der Waals surface area contributed by atoms with Crippen LogP contribution in [-0.2, 0) is 6.67 Å². The molecule has 0 spiro atoms. The number of fused-ring (bicyclic) bond motifs is 1. The lowest BCUT2D eigenvalue weighted by Crippen LogP contribution is -2.26. The number of aromatic amines is 1. The van der Waals surface area contributed by atoms with Gasteiger partial charge in [0, 0.05) is 6.20 Å². The summed E-state index contributed by atoms with van der Waals surface area (Å²) in [6.07, 6.45) is 3.50. The van der Waals surface area contributed by atoms with E-state index in [0.717, 1.165) is 0 Å². The Kier molecular flexibility index (Phi) is 0.913. The lowest BCUT2D eigenvalue weighted by molar-refractivity contribution is 0.606. The van der Waals surface area contributed by atoms with Crippen LogP contribution in [0.3, 0.4) is 0 Å². The minimum Gasteiger partial charge on any atom is -0.373 e. The maximum atomic E-state index is 10.8. The molecule has 0 unspecified atom stereocenters. The largest absolute Gasteiger partial charge is 0.373 e. The van der Waals surface area contributed by atoms with Gasteiger partial charge in [-0.05, 0) is 6.08 Å². The van der Waals surface area contributed by atoms with Crippen LogP contribution in [0.5, 0.6) is 0 Å². The fraction of sp³-hybridized carbons (Fsp3) is 0.200.